The summed E-state index contributed by atoms with van der Waals surface area (Å²) in [6, 6.07) is 20.8. The Hall–Kier alpha value is -3.58. The van der Waals surface area contributed by atoms with Crippen molar-refractivity contribution in [3.05, 3.63) is 83.0 Å². The Labute approximate surface area is 221 Å². The van der Waals surface area contributed by atoms with Gasteiger partial charge in [0, 0.05) is 17.7 Å². The average Bonchev–Trinajstić information content (AvgIpc) is 3.39. The Kier molecular flexibility index (Phi) is 7.90. The molecule has 6 nitrogen and oxygen atoms in total. The Morgan fingerprint density at radius 1 is 1.03 bits per heavy atom. The van der Waals surface area contributed by atoms with Crippen LogP contribution in [0, 0.1) is 0 Å². The summed E-state index contributed by atoms with van der Waals surface area (Å²) < 4.78 is 11.1. The van der Waals surface area contributed by atoms with Crippen LogP contribution in [0.25, 0.3) is 17.4 Å². The lowest BCUT2D eigenvalue weighted by Gasteiger charge is -2.26. The number of thioether (sulfide) groups is 1. The Morgan fingerprint density at radius 2 is 1.76 bits per heavy atom. The Balaban J connectivity index is 1.40. The Bertz CT molecular complexity index is 1300. The summed E-state index contributed by atoms with van der Waals surface area (Å²) in [6.45, 7) is 2.12. The maximum absolute atomic E-state index is 13.6. The first-order valence-corrected chi connectivity index (χ1v) is 13.7. The molecule has 0 spiro atoms. The summed E-state index contributed by atoms with van der Waals surface area (Å²) >= 11 is 1.41. The lowest BCUT2D eigenvalue weighted by atomic mass is 10.1. The van der Waals surface area contributed by atoms with Crippen LogP contribution in [0.15, 0.2) is 81.0 Å². The van der Waals surface area contributed by atoms with Crippen LogP contribution < -0.4 is 0 Å². The average molecular weight is 515 g/mol. The van der Waals surface area contributed by atoms with Crippen molar-refractivity contribution >= 4 is 40.6 Å². The molecule has 1 aliphatic carbocycles. The number of amides is 1. The molecule has 2 heterocycles. The molecule has 1 aliphatic heterocycles. The van der Waals surface area contributed by atoms with Crippen molar-refractivity contribution in [1.29, 1.82) is 0 Å². The third-order valence-electron chi connectivity index (χ3n) is 6.59. The van der Waals surface area contributed by atoms with E-state index < -0.39 is 0 Å². The van der Waals surface area contributed by atoms with Crippen molar-refractivity contribution in [1.82, 2.24) is 4.90 Å². The van der Waals surface area contributed by atoms with Gasteiger partial charge in [0.1, 0.15) is 11.5 Å². The maximum Gasteiger partial charge on any atom is 0.338 e. The molecule has 1 aromatic heterocycles. The summed E-state index contributed by atoms with van der Waals surface area (Å²) in [7, 11) is 0. The number of nitrogens with zero attached hydrogens (tertiary/aromatic N) is 2. The number of carbonyl (C=O) groups is 2. The van der Waals surface area contributed by atoms with Crippen LogP contribution in [0.1, 0.15) is 61.6 Å². The van der Waals surface area contributed by atoms with E-state index in [4.69, 9.17) is 14.1 Å². The largest absolute Gasteiger partial charge is 0.462 e. The predicted molar refractivity (Wildman–Crippen MR) is 148 cm³/mol. The van der Waals surface area contributed by atoms with Gasteiger partial charge in [-0.25, -0.2) is 9.79 Å². The van der Waals surface area contributed by atoms with Gasteiger partial charge < -0.3 is 9.15 Å². The minimum Gasteiger partial charge on any atom is -0.462 e. The highest BCUT2D eigenvalue weighted by atomic mass is 32.2. The number of hydrogen-bond acceptors (Lipinski definition) is 6. The van der Waals surface area contributed by atoms with Crippen LogP contribution in [0.2, 0.25) is 0 Å². The molecule has 0 radical (unpaired) electrons. The number of aliphatic imine (C=N–C) groups is 1. The summed E-state index contributed by atoms with van der Waals surface area (Å²) in [5.41, 5.74) is 2.18. The van der Waals surface area contributed by atoms with E-state index in [1.165, 1.54) is 24.6 Å². The van der Waals surface area contributed by atoms with Gasteiger partial charge in [-0.05, 0) is 67.9 Å². The van der Waals surface area contributed by atoms with Crippen molar-refractivity contribution in [3.63, 3.8) is 0 Å². The third-order valence-corrected chi connectivity index (χ3v) is 7.57. The SMILES string of the molecule is CCOC(=O)c1ccc(-c2ccc(/C=C3/SC(=Nc4ccccc4)N(C4CCCCCC4)C3=O)o2)cc1. The number of hydrogen-bond donors (Lipinski definition) is 0. The number of rotatable bonds is 6. The zero-order valence-electron chi connectivity index (χ0n) is 20.9. The lowest BCUT2D eigenvalue weighted by molar-refractivity contribution is -0.123. The van der Waals surface area contributed by atoms with Crippen molar-refractivity contribution in [3.8, 4) is 11.3 Å². The van der Waals surface area contributed by atoms with Crippen LogP contribution >= 0.6 is 11.8 Å². The van der Waals surface area contributed by atoms with Crippen LogP contribution in [-0.4, -0.2) is 34.6 Å². The van der Waals surface area contributed by atoms with Crippen molar-refractivity contribution in [2.45, 2.75) is 51.5 Å². The van der Waals surface area contributed by atoms with Gasteiger partial charge in [0.2, 0.25) is 0 Å². The van der Waals surface area contributed by atoms with Gasteiger partial charge in [-0.1, -0.05) is 56.0 Å². The van der Waals surface area contributed by atoms with E-state index in [0.717, 1.165) is 42.1 Å². The summed E-state index contributed by atoms with van der Waals surface area (Å²) in [4.78, 5) is 32.9. The molecule has 2 aromatic carbocycles. The molecular weight excluding hydrogens is 484 g/mol. The van der Waals surface area contributed by atoms with Gasteiger partial charge >= 0.3 is 5.97 Å². The third kappa shape index (κ3) is 5.88. The van der Waals surface area contributed by atoms with E-state index in [-0.39, 0.29) is 17.9 Å². The second kappa shape index (κ2) is 11.6. The zero-order chi connectivity index (χ0) is 25.6. The van der Waals surface area contributed by atoms with Crippen LogP contribution in [0.3, 0.4) is 0 Å². The smallest absolute Gasteiger partial charge is 0.338 e. The maximum atomic E-state index is 13.6. The molecular formula is C30H30N2O4S. The van der Waals surface area contributed by atoms with Gasteiger partial charge in [-0.3, -0.25) is 9.69 Å². The highest BCUT2D eigenvalue weighted by Gasteiger charge is 2.38. The molecule has 5 rings (SSSR count). The fraction of sp³-hybridized carbons (Fsp3) is 0.300. The number of furan rings is 1. The highest BCUT2D eigenvalue weighted by Crippen LogP contribution is 2.38. The fourth-order valence-corrected chi connectivity index (χ4v) is 5.75. The fourth-order valence-electron chi connectivity index (χ4n) is 4.72. The zero-order valence-corrected chi connectivity index (χ0v) is 21.7. The molecule has 37 heavy (non-hydrogen) atoms. The van der Waals surface area contributed by atoms with Crippen molar-refractivity contribution in [2.75, 3.05) is 6.61 Å². The van der Waals surface area contributed by atoms with E-state index in [9.17, 15) is 9.59 Å². The van der Waals surface area contributed by atoms with Gasteiger partial charge in [0.05, 0.1) is 22.8 Å². The minimum absolute atomic E-state index is 0.0108. The number of ether oxygens (including phenoxy) is 1. The molecule has 2 fully saturated rings. The summed E-state index contributed by atoms with van der Waals surface area (Å²) in [5, 5.41) is 0.732. The van der Waals surface area contributed by atoms with E-state index in [0.29, 0.717) is 28.6 Å². The van der Waals surface area contributed by atoms with Crippen LogP contribution in [0.4, 0.5) is 5.69 Å². The molecule has 0 N–H and O–H groups in total. The predicted octanol–water partition coefficient (Wildman–Crippen LogP) is 7.45. The minimum atomic E-state index is -0.345. The molecule has 0 atom stereocenters. The summed E-state index contributed by atoms with van der Waals surface area (Å²) in [5.74, 6) is 0.906. The first-order chi connectivity index (χ1) is 18.1. The first-order valence-electron chi connectivity index (χ1n) is 12.9. The van der Waals surface area contributed by atoms with Gasteiger partial charge in [-0.2, -0.15) is 0 Å². The number of para-hydroxylation sites is 1. The van der Waals surface area contributed by atoms with E-state index in [1.807, 2.05) is 59.5 Å². The van der Waals surface area contributed by atoms with Gasteiger partial charge in [0.25, 0.3) is 5.91 Å². The normalized spacial score (nSPS) is 18.9. The van der Waals surface area contributed by atoms with E-state index in [1.54, 1.807) is 25.1 Å². The van der Waals surface area contributed by atoms with Crippen LogP contribution in [0.5, 0.6) is 0 Å². The lowest BCUT2D eigenvalue weighted by Crippen LogP contribution is -2.39. The molecule has 3 aromatic rings. The van der Waals surface area contributed by atoms with Gasteiger partial charge in [-0.15, -0.1) is 0 Å². The topological polar surface area (TPSA) is 72.1 Å². The van der Waals surface area contributed by atoms with Crippen LogP contribution in [-0.2, 0) is 9.53 Å². The number of esters is 1. The molecule has 0 bridgehead atoms. The van der Waals surface area contributed by atoms with E-state index >= 15 is 0 Å². The Morgan fingerprint density at radius 3 is 2.46 bits per heavy atom. The molecule has 1 saturated heterocycles. The van der Waals surface area contributed by atoms with E-state index in [2.05, 4.69) is 0 Å². The second-order valence-corrected chi connectivity index (χ2v) is 10.2. The van der Waals surface area contributed by atoms with Crippen molar-refractivity contribution in [2.24, 2.45) is 4.99 Å². The highest BCUT2D eigenvalue weighted by molar-refractivity contribution is 8.18. The first kappa shape index (κ1) is 25.1. The van der Waals surface area contributed by atoms with Gasteiger partial charge in [0.15, 0.2) is 5.17 Å². The molecule has 1 amide bonds. The number of amidine groups is 1. The summed E-state index contributed by atoms with van der Waals surface area (Å²) in [6.07, 6.45) is 8.51. The molecule has 0 unspecified atom stereocenters. The second-order valence-electron chi connectivity index (χ2n) is 9.16. The molecule has 2 aliphatic rings. The monoisotopic (exact) mass is 514 g/mol. The molecule has 1 saturated carbocycles. The standard InChI is InChI=1S/C30H30N2O4S/c1-2-35-29(34)22-16-14-21(15-17-22)26-19-18-25(36-26)20-27-28(33)32(24-12-8-3-4-9-13-24)30(37-27)31-23-10-6-5-7-11-23/h5-7,10-11,14-20,24H,2-4,8-9,12-13H2,1H3/b27-20+,31-30?. The molecule has 7 heteroatoms. The number of benzene rings is 2. The van der Waals surface area contributed by atoms with Crippen molar-refractivity contribution < 1.29 is 18.7 Å². The molecule has 190 valence electrons. The number of carbonyl (C=O) groups excluding carboxylic acids is 2. The quantitative estimate of drug-likeness (QED) is 0.194.